The molecule has 0 saturated heterocycles. The van der Waals surface area contributed by atoms with Crippen molar-refractivity contribution in [1.82, 2.24) is 20.3 Å². The summed E-state index contributed by atoms with van der Waals surface area (Å²) in [7, 11) is 1.13. The second-order valence-electron chi connectivity index (χ2n) is 8.30. The van der Waals surface area contributed by atoms with Crippen molar-refractivity contribution in [2.24, 2.45) is 0 Å². The van der Waals surface area contributed by atoms with E-state index in [1.54, 1.807) is 0 Å². The number of nitrogens with one attached hydrogen (secondary N) is 2. The van der Waals surface area contributed by atoms with Crippen molar-refractivity contribution in [3.8, 4) is 23.1 Å². The van der Waals surface area contributed by atoms with Gasteiger partial charge in [-0.2, -0.15) is 36.3 Å². The number of methoxy groups -OCH3 is 1. The molecule has 3 aromatic rings. The molecule has 8 nitrogen and oxygen atoms in total. The third-order valence-electron chi connectivity index (χ3n) is 5.78. The molecule has 0 saturated carbocycles. The van der Waals surface area contributed by atoms with Gasteiger partial charge in [-0.1, -0.05) is 0 Å². The number of pyridine rings is 1. The first-order valence-electron chi connectivity index (χ1n) is 11.0. The summed E-state index contributed by atoms with van der Waals surface area (Å²) in [6.07, 6.45) is -13.2. The van der Waals surface area contributed by atoms with Gasteiger partial charge in [0.1, 0.15) is 28.2 Å². The van der Waals surface area contributed by atoms with Gasteiger partial charge in [-0.05, 0) is 25.1 Å². The molecular weight excluding hydrogens is 532 g/mol. The quantitative estimate of drug-likeness (QED) is 0.313. The lowest BCUT2D eigenvalue weighted by Gasteiger charge is -2.23. The van der Waals surface area contributed by atoms with Gasteiger partial charge in [-0.15, -0.1) is 0 Å². The number of ether oxygens (including phenoxy) is 2. The molecule has 1 aliphatic heterocycles. The lowest BCUT2D eigenvalue weighted by atomic mass is 9.96. The van der Waals surface area contributed by atoms with E-state index < -0.39 is 87.4 Å². The van der Waals surface area contributed by atoms with Crippen molar-refractivity contribution in [3.05, 3.63) is 28.8 Å². The molecule has 16 heteroatoms. The zero-order valence-electron chi connectivity index (χ0n) is 19.7. The van der Waals surface area contributed by atoms with E-state index in [0.29, 0.717) is 6.07 Å². The molecule has 0 radical (unpaired) electrons. The average molecular weight is 552 g/mol. The van der Waals surface area contributed by atoms with Gasteiger partial charge in [-0.25, -0.2) is 13.8 Å². The molecule has 4 N–H and O–H groups in total. The van der Waals surface area contributed by atoms with Crippen LogP contribution in [0.5, 0.6) is 11.9 Å². The Kier molecular flexibility index (Phi) is 7.11. The fourth-order valence-corrected chi connectivity index (χ4v) is 4.03. The Hall–Kier alpha value is -3.69. The van der Waals surface area contributed by atoms with E-state index >= 15 is 4.39 Å². The molecule has 0 fully saturated rings. The molecular formula is C22H20F8N6O2. The third-order valence-corrected chi connectivity index (χ3v) is 5.78. The number of alkyl halides is 6. The number of nitrogens with zero attached hydrogens (tertiary/aromatic N) is 3. The monoisotopic (exact) mass is 552 g/mol. The Bertz CT molecular complexity index is 1380. The third kappa shape index (κ3) is 5.04. The maximum Gasteiger partial charge on any atom is 0.425 e. The van der Waals surface area contributed by atoms with Crippen LogP contribution in [-0.2, 0) is 6.18 Å². The van der Waals surface area contributed by atoms with E-state index in [1.165, 1.54) is 0 Å². The average Bonchev–Trinajstić information content (AvgIpc) is 2.86. The number of anilines is 2. The van der Waals surface area contributed by atoms with E-state index in [4.69, 9.17) is 15.2 Å². The van der Waals surface area contributed by atoms with E-state index in [-0.39, 0.29) is 25.5 Å². The molecule has 0 bridgehead atoms. The van der Waals surface area contributed by atoms with Crippen molar-refractivity contribution < 1.29 is 44.6 Å². The van der Waals surface area contributed by atoms with Crippen molar-refractivity contribution >= 4 is 22.4 Å². The van der Waals surface area contributed by atoms with Crippen LogP contribution in [0.3, 0.4) is 0 Å². The minimum absolute atomic E-state index is 0.112. The summed E-state index contributed by atoms with van der Waals surface area (Å²) < 4.78 is 124. The second kappa shape index (κ2) is 9.89. The molecule has 1 aromatic carbocycles. The molecule has 2 aromatic heterocycles. The van der Waals surface area contributed by atoms with Crippen molar-refractivity contribution in [1.29, 1.82) is 0 Å². The molecule has 206 valence electrons. The smallest absolute Gasteiger partial charge is 0.425 e. The van der Waals surface area contributed by atoms with Crippen LogP contribution in [0.4, 0.5) is 46.6 Å². The Balaban J connectivity index is 2.12. The summed E-state index contributed by atoms with van der Waals surface area (Å²) in [5.74, 6) is -3.98. The van der Waals surface area contributed by atoms with E-state index in [0.717, 1.165) is 14.0 Å². The second-order valence-corrected chi connectivity index (χ2v) is 8.30. The van der Waals surface area contributed by atoms with Gasteiger partial charge in [0.2, 0.25) is 5.88 Å². The van der Waals surface area contributed by atoms with Gasteiger partial charge < -0.3 is 25.8 Å². The number of nitrogen functional groups attached to an aromatic ring is 1. The molecule has 38 heavy (non-hydrogen) atoms. The van der Waals surface area contributed by atoms with Crippen molar-refractivity contribution in [3.63, 3.8) is 0 Å². The van der Waals surface area contributed by atoms with Crippen LogP contribution in [-0.4, -0.2) is 54.0 Å². The number of aromatic nitrogens is 3. The van der Waals surface area contributed by atoms with Crippen molar-refractivity contribution in [2.75, 3.05) is 37.8 Å². The molecule has 0 aliphatic carbocycles. The predicted molar refractivity (Wildman–Crippen MR) is 120 cm³/mol. The summed E-state index contributed by atoms with van der Waals surface area (Å²) >= 11 is 0. The summed E-state index contributed by atoms with van der Waals surface area (Å²) in [5.41, 5.74) is -0.653. The number of hydrogen-bond donors (Lipinski definition) is 3. The zero-order chi connectivity index (χ0) is 28.0. The Morgan fingerprint density at radius 1 is 1.03 bits per heavy atom. The molecule has 3 heterocycles. The van der Waals surface area contributed by atoms with Gasteiger partial charge in [0, 0.05) is 25.1 Å². The summed E-state index contributed by atoms with van der Waals surface area (Å²) in [6.45, 7) is 0.940. The Labute approximate surface area is 209 Å². The normalized spacial score (nSPS) is 16.9. The van der Waals surface area contributed by atoms with Crippen LogP contribution in [0.1, 0.15) is 17.5 Å². The highest BCUT2D eigenvalue weighted by atomic mass is 19.4. The van der Waals surface area contributed by atoms with Crippen LogP contribution < -0.4 is 25.8 Å². The first-order valence-corrected chi connectivity index (χ1v) is 11.0. The fourth-order valence-electron chi connectivity index (χ4n) is 4.03. The zero-order valence-corrected chi connectivity index (χ0v) is 19.7. The summed E-state index contributed by atoms with van der Waals surface area (Å²) in [4.78, 5) is 11.6. The van der Waals surface area contributed by atoms with Crippen LogP contribution in [0.15, 0.2) is 6.07 Å². The minimum Gasteiger partial charge on any atom is -0.467 e. The van der Waals surface area contributed by atoms with Gasteiger partial charge in [0.25, 0.3) is 0 Å². The van der Waals surface area contributed by atoms with Crippen molar-refractivity contribution in [2.45, 2.75) is 31.8 Å². The highest BCUT2D eigenvalue weighted by molar-refractivity contribution is 5.96. The van der Waals surface area contributed by atoms with E-state index in [9.17, 15) is 30.7 Å². The predicted octanol–water partition coefficient (Wildman–Crippen LogP) is 4.60. The molecule has 1 aliphatic rings. The molecule has 1 atom stereocenters. The van der Waals surface area contributed by atoms with Gasteiger partial charge in [0.15, 0.2) is 11.9 Å². The van der Waals surface area contributed by atoms with Crippen LogP contribution in [0.25, 0.3) is 22.2 Å². The Morgan fingerprint density at radius 3 is 2.37 bits per heavy atom. The number of rotatable bonds is 2. The highest BCUT2D eigenvalue weighted by Gasteiger charge is 2.43. The van der Waals surface area contributed by atoms with Crippen LogP contribution in [0.2, 0.25) is 0 Å². The lowest BCUT2D eigenvalue weighted by molar-refractivity contribution is -0.196. The first-order chi connectivity index (χ1) is 17.7. The highest BCUT2D eigenvalue weighted by Crippen LogP contribution is 2.45. The van der Waals surface area contributed by atoms with E-state index in [2.05, 4.69) is 25.6 Å². The van der Waals surface area contributed by atoms with Gasteiger partial charge >= 0.3 is 18.4 Å². The molecule has 0 spiro atoms. The lowest BCUT2D eigenvalue weighted by Crippen LogP contribution is -2.37. The maximum atomic E-state index is 15.9. The van der Waals surface area contributed by atoms with E-state index in [1.807, 2.05) is 0 Å². The minimum atomic E-state index is -5.22. The molecule has 0 amide bonds. The Morgan fingerprint density at radius 2 is 1.74 bits per heavy atom. The van der Waals surface area contributed by atoms with Crippen LogP contribution >= 0.6 is 0 Å². The first kappa shape index (κ1) is 27.3. The van der Waals surface area contributed by atoms with Crippen LogP contribution in [0, 0.1) is 18.6 Å². The van der Waals surface area contributed by atoms with Gasteiger partial charge in [0.05, 0.1) is 18.4 Å². The van der Waals surface area contributed by atoms with Gasteiger partial charge in [-0.3, -0.25) is 0 Å². The summed E-state index contributed by atoms with van der Waals surface area (Å²) in [5, 5.41) is 5.11. The number of halogens is 8. The standard InChI is InChI=1S/C22H20F8N6O2/c1-8-13(22(28,29)30)9(7-10(31)14(8)23)16-15(24)17-12-18(36-20(35-17)37-2)33-6-5-32-4-3-11(21(25,26)27)38-19(12)34-16/h7,11,32H,3-6,31H2,1-2H3,(H,33,35,36). The maximum absolute atomic E-state index is 15.9. The summed E-state index contributed by atoms with van der Waals surface area (Å²) in [6, 6.07) is 0.0614. The molecule has 1 unspecified atom stereocenters. The number of nitrogens with two attached hydrogens (primary N) is 1. The largest absolute Gasteiger partial charge is 0.467 e. The fraction of sp³-hybridized carbons (Fsp3) is 0.409. The number of benzene rings is 1. The molecule has 4 rings (SSSR count). The number of hydrogen-bond acceptors (Lipinski definition) is 8. The SMILES string of the molecule is COc1nc2c3c(nc(-c4cc(N)c(F)c(C)c4C(F)(F)F)c(F)c3n1)OC(C(F)(F)F)CCNCCN2. The topological polar surface area (TPSA) is 107 Å².